The van der Waals surface area contributed by atoms with Gasteiger partial charge in [-0.05, 0) is 24.8 Å². The molecule has 2 aromatic rings. The quantitative estimate of drug-likeness (QED) is 0.832. The lowest BCUT2D eigenvalue weighted by Crippen LogP contribution is -2.41. The first-order chi connectivity index (χ1) is 11.5. The van der Waals surface area contributed by atoms with E-state index in [4.69, 9.17) is 0 Å². The van der Waals surface area contributed by atoms with Crippen molar-refractivity contribution < 1.29 is 13.2 Å². The first-order valence-corrected chi connectivity index (χ1v) is 9.48. The van der Waals surface area contributed by atoms with Gasteiger partial charge in [-0.15, -0.1) is 10.2 Å². The van der Waals surface area contributed by atoms with Gasteiger partial charge in [-0.3, -0.25) is 4.79 Å². The van der Waals surface area contributed by atoms with E-state index in [1.165, 1.54) is 10.9 Å². The summed E-state index contributed by atoms with van der Waals surface area (Å²) in [5.41, 5.74) is 0.455. The molecule has 0 bridgehead atoms. The monoisotopic (exact) mass is 348 g/mol. The summed E-state index contributed by atoms with van der Waals surface area (Å²) in [6.07, 6.45) is 4.19. The fourth-order valence-corrected chi connectivity index (χ4v) is 4.75. The van der Waals surface area contributed by atoms with Crippen LogP contribution in [0.2, 0.25) is 0 Å². The molecule has 24 heavy (non-hydrogen) atoms. The van der Waals surface area contributed by atoms with Gasteiger partial charge in [-0.1, -0.05) is 30.3 Å². The fourth-order valence-electron chi connectivity index (χ4n) is 3.00. The van der Waals surface area contributed by atoms with Crippen LogP contribution in [-0.2, 0) is 21.7 Å². The number of rotatable bonds is 4. The van der Waals surface area contributed by atoms with Crippen LogP contribution in [0.4, 0.5) is 0 Å². The number of carbonyl (C=O) groups is 1. The zero-order valence-corrected chi connectivity index (χ0v) is 14.3. The molecule has 1 aromatic carbocycles. The summed E-state index contributed by atoms with van der Waals surface area (Å²) >= 11 is 0. The molecule has 1 aliphatic heterocycles. The third kappa shape index (κ3) is 3.06. The average molecular weight is 348 g/mol. The average Bonchev–Trinajstić information content (AvgIpc) is 3.03. The lowest BCUT2D eigenvalue weighted by atomic mass is 10.1. The number of amides is 1. The van der Waals surface area contributed by atoms with Gasteiger partial charge in [-0.25, -0.2) is 8.42 Å². The van der Waals surface area contributed by atoms with Crippen molar-refractivity contribution in [1.82, 2.24) is 19.7 Å². The Balaban J connectivity index is 2.06. The number of aromatic nitrogens is 3. The topological polar surface area (TPSA) is 85.2 Å². The van der Waals surface area contributed by atoms with E-state index in [9.17, 15) is 13.2 Å². The van der Waals surface area contributed by atoms with E-state index in [0.717, 1.165) is 19.3 Å². The molecule has 7 nitrogen and oxygen atoms in total. The van der Waals surface area contributed by atoms with Crippen LogP contribution in [-0.4, -0.2) is 47.1 Å². The van der Waals surface area contributed by atoms with Crippen molar-refractivity contribution in [2.24, 2.45) is 7.05 Å². The molecule has 2 heterocycles. The Morgan fingerprint density at radius 2 is 1.79 bits per heavy atom. The molecule has 1 aliphatic rings. The summed E-state index contributed by atoms with van der Waals surface area (Å²) in [5, 5.41) is 5.88. The molecule has 0 unspecified atom stereocenters. The van der Waals surface area contributed by atoms with Crippen LogP contribution in [0.25, 0.3) is 0 Å². The summed E-state index contributed by atoms with van der Waals surface area (Å²) in [4.78, 5) is 14.7. The maximum atomic E-state index is 13.1. The first-order valence-electron chi connectivity index (χ1n) is 7.93. The fraction of sp³-hybridized carbons (Fsp3) is 0.438. The Bertz CT molecular complexity index is 811. The van der Waals surface area contributed by atoms with Gasteiger partial charge in [0.15, 0.2) is 5.25 Å². The molecule has 8 heteroatoms. The van der Waals surface area contributed by atoms with Gasteiger partial charge in [-0.2, -0.15) is 0 Å². The van der Waals surface area contributed by atoms with E-state index in [1.54, 1.807) is 42.3 Å². The Kier molecular flexibility index (Phi) is 4.66. The lowest BCUT2D eigenvalue weighted by Gasteiger charge is -2.30. The van der Waals surface area contributed by atoms with Crippen LogP contribution < -0.4 is 0 Å². The van der Waals surface area contributed by atoms with Crippen molar-refractivity contribution in [1.29, 1.82) is 0 Å². The second-order valence-corrected chi connectivity index (χ2v) is 7.87. The second kappa shape index (κ2) is 6.72. The molecule has 1 fully saturated rings. The summed E-state index contributed by atoms with van der Waals surface area (Å²) < 4.78 is 27.6. The predicted molar refractivity (Wildman–Crippen MR) is 87.8 cm³/mol. The van der Waals surface area contributed by atoms with E-state index >= 15 is 0 Å². The lowest BCUT2D eigenvalue weighted by molar-refractivity contribution is -0.131. The highest BCUT2D eigenvalue weighted by Gasteiger charge is 2.40. The number of hydrogen-bond acceptors (Lipinski definition) is 5. The van der Waals surface area contributed by atoms with Gasteiger partial charge in [0.05, 0.1) is 0 Å². The Morgan fingerprint density at radius 1 is 1.12 bits per heavy atom. The molecule has 0 saturated carbocycles. The van der Waals surface area contributed by atoms with Crippen molar-refractivity contribution in [3.8, 4) is 0 Å². The van der Waals surface area contributed by atoms with E-state index in [0.29, 0.717) is 18.7 Å². The predicted octanol–water partition coefficient (Wildman–Crippen LogP) is 1.34. The molecule has 0 aliphatic carbocycles. The highest BCUT2D eigenvalue weighted by atomic mass is 32.2. The van der Waals surface area contributed by atoms with Gasteiger partial charge < -0.3 is 9.47 Å². The van der Waals surface area contributed by atoms with Gasteiger partial charge in [0.2, 0.25) is 20.9 Å². The molecule has 1 amide bonds. The molecule has 0 spiro atoms. The zero-order valence-electron chi connectivity index (χ0n) is 13.5. The Labute approximate surface area is 141 Å². The van der Waals surface area contributed by atoms with Gasteiger partial charge in [0, 0.05) is 20.1 Å². The van der Waals surface area contributed by atoms with E-state index in [2.05, 4.69) is 10.2 Å². The molecule has 1 aromatic heterocycles. The Morgan fingerprint density at radius 3 is 2.38 bits per heavy atom. The molecular formula is C16H20N4O3S. The van der Waals surface area contributed by atoms with Crippen LogP contribution in [0.15, 0.2) is 41.8 Å². The van der Waals surface area contributed by atoms with Gasteiger partial charge >= 0.3 is 0 Å². The smallest absolute Gasteiger partial charge is 0.250 e. The maximum absolute atomic E-state index is 13.1. The molecular weight excluding hydrogens is 328 g/mol. The summed E-state index contributed by atoms with van der Waals surface area (Å²) in [6, 6.07) is 8.59. The largest absolute Gasteiger partial charge is 0.341 e. The minimum absolute atomic E-state index is 0.193. The number of sulfone groups is 1. The van der Waals surface area contributed by atoms with Crippen LogP contribution in [0.5, 0.6) is 0 Å². The van der Waals surface area contributed by atoms with Crippen molar-refractivity contribution in [2.75, 3.05) is 13.1 Å². The number of hydrogen-bond donors (Lipinski definition) is 0. The van der Waals surface area contributed by atoms with Crippen LogP contribution in [0, 0.1) is 0 Å². The van der Waals surface area contributed by atoms with Crippen molar-refractivity contribution in [2.45, 2.75) is 29.7 Å². The van der Waals surface area contributed by atoms with Crippen molar-refractivity contribution in [3.63, 3.8) is 0 Å². The SMILES string of the molecule is Cn1cnnc1S(=O)(=O)[C@@H](C(=O)N1CCCCC1)c1ccccc1. The summed E-state index contributed by atoms with van der Waals surface area (Å²) in [6.45, 7) is 1.19. The highest BCUT2D eigenvalue weighted by Crippen LogP contribution is 2.30. The zero-order chi connectivity index (χ0) is 17.2. The number of likely N-dealkylation sites (tertiary alicyclic amines) is 1. The van der Waals surface area contributed by atoms with Crippen molar-refractivity contribution >= 4 is 15.7 Å². The number of nitrogens with zero attached hydrogens (tertiary/aromatic N) is 4. The first kappa shape index (κ1) is 16.6. The molecule has 1 atom stereocenters. The third-order valence-electron chi connectivity index (χ3n) is 4.23. The van der Waals surface area contributed by atoms with Gasteiger partial charge in [0.1, 0.15) is 6.33 Å². The highest BCUT2D eigenvalue weighted by molar-refractivity contribution is 7.92. The molecule has 3 rings (SSSR count). The minimum Gasteiger partial charge on any atom is -0.341 e. The molecule has 1 saturated heterocycles. The molecule has 128 valence electrons. The summed E-state index contributed by atoms with van der Waals surface area (Å²) in [5.74, 6) is -0.385. The summed E-state index contributed by atoms with van der Waals surface area (Å²) in [7, 11) is -2.44. The molecule has 0 radical (unpaired) electrons. The second-order valence-electron chi connectivity index (χ2n) is 5.95. The number of benzene rings is 1. The molecule has 0 N–H and O–H groups in total. The number of carbonyl (C=O) groups excluding carboxylic acids is 1. The third-order valence-corrected chi connectivity index (χ3v) is 6.20. The van der Waals surface area contributed by atoms with E-state index in [1.807, 2.05) is 0 Å². The normalized spacial score (nSPS) is 16.8. The Hall–Kier alpha value is -2.22. The number of piperidine rings is 1. The van der Waals surface area contributed by atoms with Crippen LogP contribution in [0.1, 0.15) is 30.1 Å². The van der Waals surface area contributed by atoms with Gasteiger partial charge in [0.25, 0.3) is 0 Å². The maximum Gasteiger partial charge on any atom is 0.250 e. The van der Waals surface area contributed by atoms with E-state index < -0.39 is 15.1 Å². The van der Waals surface area contributed by atoms with Crippen LogP contribution >= 0.6 is 0 Å². The standard InChI is InChI=1S/C16H20N4O3S/c1-19-12-17-18-16(19)24(22,23)14(13-8-4-2-5-9-13)15(21)20-10-6-3-7-11-20/h2,4-5,8-9,12,14H,3,6-7,10-11H2,1H3/t14-/m1/s1. The van der Waals surface area contributed by atoms with Crippen LogP contribution in [0.3, 0.4) is 0 Å². The van der Waals surface area contributed by atoms with Crippen molar-refractivity contribution in [3.05, 3.63) is 42.2 Å². The number of aryl methyl sites for hydroxylation is 1. The van der Waals surface area contributed by atoms with E-state index in [-0.39, 0.29) is 11.1 Å². The minimum atomic E-state index is -3.99.